The smallest absolute Gasteiger partial charge is 1.00 e. The molecule has 258 valence electrons. The van der Waals surface area contributed by atoms with Crippen LogP contribution in [-0.4, -0.2) is 67.2 Å². The van der Waals surface area contributed by atoms with Crippen LogP contribution in [0.25, 0.3) is 22.1 Å². The Kier molecular flexibility index (Phi) is 16.0. The third kappa shape index (κ3) is 10.9. The molecule has 4 unspecified atom stereocenters. The van der Waals surface area contributed by atoms with E-state index >= 15 is 0 Å². The Morgan fingerprint density at radius 3 is 0.652 bits per heavy atom. The van der Waals surface area contributed by atoms with E-state index in [1.165, 1.54) is 21.7 Å². The van der Waals surface area contributed by atoms with Crippen molar-refractivity contribution in [1.82, 2.24) is 19.9 Å². The van der Waals surface area contributed by atoms with Gasteiger partial charge in [-0.25, -0.2) is 19.9 Å². The van der Waals surface area contributed by atoms with Crippen molar-refractivity contribution in [1.29, 1.82) is 0 Å². The van der Waals surface area contributed by atoms with E-state index in [9.17, 15) is 0 Å². The molecule has 0 saturated heterocycles. The quantitative estimate of drug-likeness (QED) is 0.206. The molecule has 10 heteroatoms. The molecular weight excluding hydrogens is 845 g/mol. The first-order valence-electron chi connectivity index (χ1n) is 15.9. The van der Waals surface area contributed by atoms with E-state index in [0.29, 0.717) is 0 Å². The van der Waals surface area contributed by atoms with Gasteiger partial charge < -0.3 is 12.4 Å². The minimum atomic E-state index is -0.755. The topological polar surface area (TPSA) is 51.6 Å². The maximum atomic E-state index is 5.08. The second-order valence-corrected chi connectivity index (χ2v) is 29.2. The van der Waals surface area contributed by atoms with Crippen LogP contribution in [0.1, 0.15) is 83.1 Å². The minimum absolute atomic E-state index is 0. The second kappa shape index (κ2) is 16.7. The summed E-state index contributed by atoms with van der Waals surface area (Å²) in [5.41, 5.74) is 9.39. The van der Waals surface area contributed by atoms with Crippen LogP contribution in [0.4, 0.5) is 0 Å². The van der Waals surface area contributed by atoms with E-state index in [0.717, 1.165) is 22.1 Å². The van der Waals surface area contributed by atoms with Gasteiger partial charge in [0.15, 0.2) is 0 Å². The van der Waals surface area contributed by atoms with Gasteiger partial charge in [0.1, 0.15) is 0 Å². The number of nitrogens with zero attached hydrogens (tertiary/aromatic N) is 4. The van der Waals surface area contributed by atoms with E-state index in [2.05, 4.69) is 158 Å². The Morgan fingerprint density at radius 1 is 0.370 bits per heavy atom. The first kappa shape index (κ1) is 43.9. The largest absolute Gasteiger partial charge is 1.00 e. The molecule has 0 saturated carbocycles. The number of para-hydroxylation sites is 4. The predicted octanol–water partition coefficient (Wildman–Crippen LogP) is 5.33. The molecule has 0 aliphatic heterocycles. The molecule has 0 radical (unpaired) electrons. The molecule has 4 atom stereocenters. The van der Waals surface area contributed by atoms with Crippen molar-refractivity contribution >= 4 is 75.5 Å². The van der Waals surface area contributed by atoms with E-state index in [1.807, 2.05) is 0 Å². The van der Waals surface area contributed by atoms with Crippen molar-refractivity contribution in [3.05, 3.63) is 48.5 Å². The van der Waals surface area contributed by atoms with Gasteiger partial charge in [0.25, 0.3) is 0 Å². The van der Waals surface area contributed by atoms with Crippen LogP contribution in [0.3, 0.4) is 0 Å². The number of fused-ring (bicyclic) bond motifs is 2. The van der Waals surface area contributed by atoms with Gasteiger partial charge in [-0.2, -0.15) is 0 Å². The average Bonchev–Trinajstić information content (AvgIpc) is 2.92. The van der Waals surface area contributed by atoms with Gasteiger partial charge in [-0.1, -0.05) is 24.3 Å². The fraction of sp³-hybridized carbons (Fsp3) is 0.556. The molecule has 2 aromatic carbocycles. The third-order valence-electron chi connectivity index (χ3n) is 9.06. The fourth-order valence-corrected chi connectivity index (χ4v) is 12.4. The maximum Gasteiger partial charge on any atom is 1.00 e. The SMILES string of the molecule is C[PH+](c1nc2ccccc2nc1[PH+](C)C(C)(C)C)C(C)(C)C.C[PH+](c1nc2ccccc2nc1[PH+](C)C(C)(C)C)C(C)(C)C.[Au+].[Cl-]. The molecule has 4 rings (SSSR count). The summed E-state index contributed by atoms with van der Waals surface area (Å²) in [5, 5.41) is 1.15. The number of hydrogen-bond donors (Lipinski definition) is 0. The molecule has 0 aliphatic carbocycles. The zero-order valence-electron chi connectivity index (χ0n) is 31.1. The summed E-state index contributed by atoms with van der Waals surface area (Å²) in [7, 11) is -3.02. The van der Waals surface area contributed by atoms with Crippen molar-refractivity contribution in [3.8, 4) is 0 Å². The molecule has 4 nitrogen and oxygen atoms in total. The van der Waals surface area contributed by atoms with E-state index in [-0.39, 0.29) is 55.4 Å². The minimum Gasteiger partial charge on any atom is -1.00 e. The molecule has 4 aromatic rings. The molecule has 2 heterocycles. The standard InChI is InChI=1S/2C18H28N2P2.Au.ClH/c2*1-17(2,3)21(7)15-16(22(8)18(4,5)6)20-14-12-10-9-11-13(14)19-15;;/h2*9-12H,1-8H3;;1H/q;;+1;/p+3. The van der Waals surface area contributed by atoms with E-state index < -0.39 is 31.7 Å². The first-order chi connectivity index (χ1) is 20.0. The number of halogens is 1. The Balaban J connectivity index is 0.000000441. The summed E-state index contributed by atoms with van der Waals surface area (Å²) in [6, 6.07) is 16.6. The van der Waals surface area contributed by atoms with Gasteiger partial charge in [0, 0.05) is 0 Å². The number of benzene rings is 2. The van der Waals surface area contributed by atoms with Crippen molar-refractivity contribution < 1.29 is 34.8 Å². The monoisotopic (exact) mass is 904 g/mol. The predicted molar refractivity (Wildman–Crippen MR) is 214 cm³/mol. The Bertz CT molecular complexity index is 1350. The summed E-state index contributed by atoms with van der Waals surface area (Å²) in [6.45, 7) is 37.6. The first-order valence-corrected chi connectivity index (χ1v) is 23.9. The number of aromatic nitrogens is 4. The van der Waals surface area contributed by atoms with Gasteiger partial charge in [0.05, 0.1) is 101 Å². The Morgan fingerprint density at radius 2 is 0.522 bits per heavy atom. The molecule has 0 bridgehead atoms. The summed E-state index contributed by atoms with van der Waals surface area (Å²) in [5.74, 6) is 0. The molecule has 0 fully saturated rings. The van der Waals surface area contributed by atoms with Crippen LogP contribution in [0.5, 0.6) is 0 Å². The van der Waals surface area contributed by atoms with Crippen molar-refractivity contribution in [2.45, 2.75) is 104 Å². The van der Waals surface area contributed by atoms with Crippen LogP contribution in [0.15, 0.2) is 48.5 Å². The third-order valence-corrected chi connectivity index (χ3v) is 22.8. The second-order valence-electron chi connectivity index (χ2n) is 16.3. The van der Waals surface area contributed by atoms with Crippen LogP contribution >= 0.6 is 31.7 Å². The van der Waals surface area contributed by atoms with Crippen molar-refractivity contribution in [2.24, 2.45) is 0 Å². The van der Waals surface area contributed by atoms with Crippen LogP contribution in [0, 0.1) is 0 Å². The average molecular weight is 905 g/mol. The van der Waals surface area contributed by atoms with E-state index in [4.69, 9.17) is 19.9 Å². The number of hydrogen-bond acceptors (Lipinski definition) is 4. The van der Waals surface area contributed by atoms with E-state index in [1.54, 1.807) is 0 Å². The summed E-state index contributed by atoms with van der Waals surface area (Å²) < 4.78 is 0. The Labute approximate surface area is 307 Å². The fourth-order valence-electron chi connectivity index (χ4n) is 4.47. The van der Waals surface area contributed by atoms with Gasteiger partial charge in [-0.15, -0.1) is 0 Å². The summed E-state index contributed by atoms with van der Waals surface area (Å²) in [4.78, 5) is 20.3. The van der Waals surface area contributed by atoms with Gasteiger partial charge in [-0.05, 0) is 107 Å². The van der Waals surface area contributed by atoms with Crippen LogP contribution in [0.2, 0.25) is 0 Å². The van der Waals surface area contributed by atoms with Gasteiger partial charge in [0.2, 0.25) is 21.7 Å². The van der Waals surface area contributed by atoms with Crippen molar-refractivity contribution in [2.75, 3.05) is 26.7 Å². The maximum absolute atomic E-state index is 5.08. The molecule has 0 N–H and O–H groups in total. The molecular formula is C36H60AuClN4P4+4. The molecule has 0 aliphatic rings. The zero-order chi connectivity index (χ0) is 33.4. The summed E-state index contributed by atoms with van der Waals surface area (Å²) >= 11 is 0. The normalized spacial score (nSPS) is 15.1. The van der Waals surface area contributed by atoms with Crippen LogP contribution in [-0.2, 0) is 22.4 Å². The summed E-state index contributed by atoms with van der Waals surface area (Å²) in [6.07, 6.45) is 0. The molecule has 0 amide bonds. The Hall–Kier alpha value is -0.130. The van der Waals surface area contributed by atoms with Crippen LogP contribution < -0.4 is 34.1 Å². The molecule has 0 spiro atoms. The van der Waals surface area contributed by atoms with Gasteiger partial charge >= 0.3 is 22.4 Å². The molecule has 2 aromatic heterocycles. The molecule has 46 heavy (non-hydrogen) atoms. The zero-order valence-corrected chi connectivity index (χ0v) is 38.0. The van der Waals surface area contributed by atoms with Crippen molar-refractivity contribution in [3.63, 3.8) is 0 Å². The number of rotatable bonds is 4. The van der Waals surface area contributed by atoms with Gasteiger partial charge in [-0.3, -0.25) is 0 Å².